The second-order valence-electron chi connectivity index (χ2n) is 4.34. The summed E-state index contributed by atoms with van der Waals surface area (Å²) in [7, 11) is 1.83. The number of carbonyl (C=O) groups is 1. The lowest BCUT2D eigenvalue weighted by Gasteiger charge is -2.00. The largest absolute Gasteiger partial charge is 0.319 e. The number of nitrogens with one attached hydrogen (secondary N) is 2. The van der Waals surface area contributed by atoms with Crippen molar-refractivity contribution < 1.29 is 4.79 Å². The van der Waals surface area contributed by atoms with Gasteiger partial charge in [0.2, 0.25) is 5.91 Å². The number of halogens is 2. The third-order valence-corrected chi connectivity index (χ3v) is 4.08. The molecule has 21 heavy (non-hydrogen) atoms. The minimum absolute atomic E-state index is 0. The molecule has 0 saturated heterocycles. The Hall–Kier alpha value is -0.950. The average Bonchev–Trinajstić information content (AvgIpc) is 2.83. The summed E-state index contributed by atoms with van der Waals surface area (Å²) in [5.41, 5.74) is 1.22. The molecule has 0 spiro atoms. The van der Waals surface area contributed by atoms with Crippen LogP contribution in [0.4, 0.5) is 5.13 Å². The molecule has 1 heterocycles. The molecule has 0 radical (unpaired) electrons. The van der Waals surface area contributed by atoms with E-state index in [1.807, 2.05) is 25.4 Å². The van der Waals surface area contributed by atoms with Crippen molar-refractivity contribution >= 4 is 50.7 Å². The fourth-order valence-corrected chi connectivity index (χ4v) is 3.02. The molecule has 0 fully saturated rings. The molecule has 0 atom stereocenters. The Kier molecular flexibility index (Phi) is 7.88. The van der Waals surface area contributed by atoms with Gasteiger partial charge in [-0.3, -0.25) is 4.79 Å². The topological polar surface area (TPSA) is 54.0 Å². The normalized spacial score (nSPS) is 10.0. The number of nitrogens with zero attached hydrogens (tertiary/aromatic N) is 1. The molecule has 1 aromatic heterocycles. The molecule has 0 aliphatic carbocycles. The van der Waals surface area contributed by atoms with Crippen molar-refractivity contribution in [3.63, 3.8) is 0 Å². The first-order valence-electron chi connectivity index (χ1n) is 6.31. The Balaban J connectivity index is 0.00000220. The van der Waals surface area contributed by atoms with E-state index >= 15 is 0 Å². The van der Waals surface area contributed by atoms with Crippen molar-refractivity contribution in [3.8, 4) is 0 Å². The molecule has 2 aromatic rings. The lowest BCUT2D eigenvalue weighted by atomic mass is 10.1. The van der Waals surface area contributed by atoms with Gasteiger partial charge in [0.15, 0.2) is 5.13 Å². The van der Waals surface area contributed by atoms with E-state index < -0.39 is 0 Å². The van der Waals surface area contributed by atoms with Crippen LogP contribution in [0, 0.1) is 0 Å². The van der Waals surface area contributed by atoms with Gasteiger partial charge in [-0.25, -0.2) is 4.98 Å². The van der Waals surface area contributed by atoms with Gasteiger partial charge >= 0.3 is 0 Å². The number of amides is 1. The number of hydrogen-bond acceptors (Lipinski definition) is 4. The van der Waals surface area contributed by atoms with Gasteiger partial charge in [-0.05, 0) is 24.7 Å². The summed E-state index contributed by atoms with van der Waals surface area (Å²) in [5.74, 6) is -0.0114. The maximum atomic E-state index is 11.6. The number of hydrogen-bond donors (Lipinski definition) is 2. The fraction of sp³-hybridized carbons (Fsp3) is 0.286. The highest BCUT2D eigenvalue weighted by molar-refractivity contribution is 9.10. The maximum Gasteiger partial charge on any atom is 0.227 e. The number of aromatic nitrogens is 1. The summed E-state index contributed by atoms with van der Waals surface area (Å²) in [6.07, 6.45) is 3.10. The SMILES string of the molecule is CNCCC(=O)Nc1ncc(Cc2cccc(Br)c2)s1.Cl. The van der Waals surface area contributed by atoms with Crippen LogP contribution < -0.4 is 10.6 Å². The van der Waals surface area contributed by atoms with Crippen molar-refractivity contribution in [2.45, 2.75) is 12.8 Å². The predicted octanol–water partition coefficient (Wildman–Crippen LogP) is 3.47. The van der Waals surface area contributed by atoms with Crippen LogP contribution in [0.5, 0.6) is 0 Å². The number of carbonyl (C=O) groups excluding carboxylic acids is 1. The standard InChI is InChI=1S/C14H16BrN3OS.ClH/c1-16-6-5-13(19)18-14-17-9-12(20-14)8-10-3-2-4-11(15)7-10;/h2-4,7,9,16H,5-6,8H2,1H3,(H,17,18,19);1H. The van der Waals surface area contributed by atoms with Crippen LogP contribution in [0.15, 0.2) is 34.9 Å². The first-order valence-corrected chi connectivity index (χ1v) is 7.92. The minimum Gasteiger partial charge on any atom is -0.319 e. The van der Waals surface area contributed by atoms with Crippen molar-refractivity contribution in [2.24, 2.45) is 0 Å². The lowest BCUT2D eigenvalue weighted by molar-refractivity contribution is -0.116. The molecular formula is C14H17BrClN3OS. The highest BCUT2D eigenvalue weighted by atomic mass is 79.9. The van der Waals surface area contributed by atoms with Gasteiger partial charge < -0.3 is 10.6 Å². The molecule has 114 valence electrons. The number of rotatable bonds is 6. The Labute approximate surface area is 142 Å². The zero-order valence-electron chi connectivity index (χ0n) is 11.6. The summed E-state index contributed by atoms with van der Waals surface area (Å²) >= 11 is 4.98. The van der Waals surface area contributed by atoms with Gasteiger partial charge in [-0.2, -0.15) is 0 Å². The molecule has 7 heteroatoms. The summed E-state index contributed by atoms with van der Waals surface area (Å²) < 4.78 is 1.07. The third kappa shape index (κ3) is 6.13. The molecule has 4 nitrogen and oxygen atoms in total. The molecule has 2 rings (SSSR count). The van der Waals surface area contributed by atoms with E-state index in [-0.39, 0.29) is 18.3 Å². The van der Waals surface area contributed by atoms with Crippen LogP contribution in [-0.4, -0.2) is 24.5 Å². The van der Waals surface area contributed by atoms with E-state index in [1.54, 1.807) is 0 Å². The smallest absolute Gasteiger partial charge is 0.227 e. The molecule has 0 bridgehead atoms. The Bertz CT molecular complexity index is 591. The first-order chi connectivity index (χ1) is 9.67. The van der Waals surface area contributed by atoms with E-state index in [0.717, 1.165) is 15.8 Å². The molecular weight excluding hydrogens is 374 g/mol. The van der Waals surface area contributed by atoms with Gasteiger partial charge in [0.25, 0.3) is 0 Å². The average molecular weight is 391 g/mol. The zero-order valence-corrected chi connectivity index (χ0v) is 14.8. The van der Waals surface area contributed by atoms with Crippen LogP contribution >= 0.6 is 39.7 Å². The van der Waals surface area contributed by atoms with Gasteiger partial charge in [-0.15, -0.1) is 23.7 Å². The third-order valence-electron chi connectivity index (χ3n) is 2.67. The summed E-state index contributed by atoms with van der Waals surface area (Å²) in [5, 5.41) is 6.42. The zero-order chi connectivity index (χ0) is 14.4. The first kappa shape index (κ1) is 18.1. The molecule has 2 N–H and O–H groups in total. The lowest BCUT2D eigenvalue weighted by Crippen LogP contribution is -2.18. The summed E-state index contributed by atoms with van der Waals surface area (Å²) in [6.45, 7) is 0.669. The maximum absolute atomic E-state index is 11.6. The number of benzene rings is 1. The van der Waals surface area contributed by atoms with Gasteiger partial charge in [0.05, 0.1) is 0 Å². The summed E-state index contributed by atoms with van der Waals surface area (Å²) in [4.78, 5) is 17.0. The van der Waals surface area contributed by atoms with E-state index in [0.29, 0.717) is 18.1 Å². The van der Waals surface area contributed by atoms with Crippen molar-refractivity contribution in [1.82, 2.24) is 10.3 Å². The second-order valence-corrected chi connectivity index (χ2v) is 6.37. The highest BCUT2D eigenvalue weighted by Gasteiger charge is 2.07. The van der Waals surface area contributed by atoms with Crippen LogP contribution in [0.25, 0.3) is 0 Å². The Morgan fingerprint density at radius 3 is 2.95 bits per heavy atom. The van der Waals surface area contributed by atoms with Gasteiger partial charge in [-0.1, -0.05) is 28.1 Å². The van der Waals surface area contributed by atoms with Gasteiger partial charge in [0.1, 0.15) is 0 Å². The van der Waals surface area contributed by atoms with Gasteiger partial charge in [0, 0.05) is 34.9 Å². The van der Waals surface area contributed by atoms with E-state index in [9.17, 15) is 4.79 Å². The second kappa shape index (κ2) is 9.15. The molecule has 1 amide bonds. The molecule has 0 aliphatic heterocycles. The summed E-state index contributed by atoms with van der Waals surface area (Å²) in [6, 6.07) is 8.19. The van der Waals surface area contributed by atoms with E-state index in [4.69, 9.17) is 0 Å². The molecule has 0 unspecified atom stereocenters. The fourth-order valence-electron chi connectivity index (χ4n) is 1.72. The van der Waals surface area contributed by atoms with Crippen LogP contribution in [-0.2, 0) is 11.2 Å². The van der Waals surface area contributed by atoms with Crippen LogP contribution in [0.2, 0.25) is 0 Å². The number of anilines is 1. The molecule has 1 aromatic carbocycles. The van der Waals surface area contributed by atoms with Crippen molar-refractivity contribution in [2.75, 3.05) is 18.9 Å². The Morgan fingerprint density at radius 2 is 2.24 bits per heavy atom. The van der Waals surface area contributed by atoms with E-state index in [2.05, 4.69) is 43.7 Å². The van der Waals surface area contributed by atoms with Crippen LogP contribution in [0.1, 0.15) is 16.9 Å². The molecule has 0 saturated carbocycles. The van der Waals surface area contributed by atoms with Crippen molar-refractivity contribution in [3.05, 3.63) is 45.4 Å². The minimum atomic E-state index is -0.0114. The van der Waals surface area contributed by atoms with Crippen LogP contribution in [0.3, 0.4) is 0 Å². The monoisotopic (exact) mass is 389 g/mol. The van der Waals surface area contributed by atoms with Crippen molar-refractivity contribution in [1.29, 1.82) is 0 Å². The highest BCUT2D eigenvalue weighted by Crippen LogP contribution is 2.22. The molecule has 0 aliphatic rings. The predicted molar refractivity (Wildman–Crippen MR) is 93.5 cm³/mol. The van der Waals surface area contributed by atoms with E-state index in [1.165, 1.54) is 16.9 Å². The number of thiazole rings is 1. The Morgan fingerprint density at radius 1 is 1.43 bits per heavy atom. The quantitative estimate of drug-likeness (QED) is 0.794.